The molecule has 0 bridgehead atoms. The van der Waals surface area contributed by atoms with Gasteiger partial charge in [-0.2, -0.15) is 0 Å². The van der Waals surface area contributed by atoms with E-state index >= 15 is 0 Å². The van der Waals surface area contributed by atoms with Gasteiger partial charge in [0, 0.05) is 11.6 Å². The highest BCUT2D eigenvalue weighted by Gasteiger charge is 2.11. The summed E-state index contributed by atoms with van der Waals surface area (Å²) >= 11 is 0. The van der Waals surface area contributed by atoms with E-state index in [0.29, 0.717) is 17.1 Å². The zero-order chi connectivity index (χ0) is 16.8. The molecule has 0 aliphatic rings. The average Bonchev–Trinajstić information content (AvgIpc) is 2.55. The molecule has 1 heterocycles. The number of amides is 1. The topological polar surface area (TPSA) is 105 Å². The van der Waals surface area contributed by atoms with E-state index in [1.807, 2.05) is 13.8 Å². The number of hydrogen-bond acceptors (Lipinski definition) is 6. The quantitative estimate of drug-likeness (QED) is 0.608. The summed E-state index contributed by atoms with van der Waals surface area (Å²) in [6, 6.07) is 5.38. The van der Waals surface area contributed by atoms with Crippen molar-refractivity contribution in [3.8, 4) is 0 Å². The third kappa shape index (κ3) is 4.29. The first-order valence-corrected chi connectivity index (χ1v) is 7.20. The molecule has 0 saturated heterocycles. The van der Waals surface area contributed by atoms with Gasteiger partial charge in [0.15, 0.2) is 11.6 Å². The molecule has 0 aliphatic carbocycles. The Bertz CT molecular complexity index is 676. The number of nitrogens with zero attached hydrogens (tertiary/aromatic N) is 2. The van der Waals surface area contributed by atoms with Crippen molar-refractivity contribution in [2.45, 2.75) is 26.3 Å². The second-order valence-corrected chi connectivity index (χ2v) is 5.02. The van der Waals surface area contributed by atoms with Crippen LogP contribution in [-0.2, 0) is 0 Å². The Morgan fingerprint density at radius 2 is 1.91 bits per heavy atom. The summed E-state index contributed by atoms with van der Waals surface area (Å²) in [4.78, 5) is 20.0. The largest absolute Gasteiger partial charge is 0.393 e. The zero-order valence-electron chi connectivity index (χ0n) is 12.9. The maximum absolute atomic E-state index is 12.8. The number of aromatic nitrogens is 2. The van der Waals surface area contributed by atoms with Crippen LogP contribution in [0, 0.1) is 5.82 Å². The number of benzene rings is 1. The molecule has 1 unspecified atom stereocenters. The predicted molar refractivity (Wildman–Crippen MR) is 87.3 cm³/mol. The minimum absolute atomic E-state index is 0.203. The number of nitrogen functional groups attached to an aromatic ring is 1. The van der Waals surface area contributed by atoms with Crippen molar-refractivity contribution >= 4 is 23.2 Å². The predicted octanol–water partition coefficient (Wildman–Crippen LogP) is 2.17. The average molecular weight is 318 g/mol. The molecule has 1 aromatic heterocycles. The van der Waals surface area contributed by atoms with Crippen LogP contribution in [0.1, 0.15) is 30.6 Å². The van der Waals surface area contributed by atoms with Crippen molar-refractivity contribution in [1.82, 2.24) is 15.4 Å². The molecule has 0 spiro atoms. The fourth-order valence-corrected chi connectivity index (χ4v) is 1.74. The summed E-state index contributed by atoms with van der Waals surface area (Å²) in [5.41, 5.74) is 11.7. The molecule has 0 radical (unpaired) electrons. The van der Waals surface area contributed by atoms with Crippen LogP contribution in [0.2, 0.25) is 0 Å². The lowest BCUT2D eigenvalue weighted by Crippen LogP contribution is -2.30. The van der Waals surface area contributed by atoms with E-state index in [1.54, 1.807) is 0 Å². The van der Waals surface area contributed by atoms with Crippen LogP contribution >= 0.6 is 0 Å². The standard InChI is InChI=1S/C15H19FN6O/c1-3-9(2)20-13-12(17)14(19-8-18-13)21-22-15(23)10-4-6-11(16)7-5-10/h4-9H,3,17H2,1-2H3,(H,22,23)(H2,18,19,20,21). The van der Waals surface area contributed by atoms with Gasteiger partial charge in [0.05, 0.1) is 0 Å². The van der Waals surface area contributed by atoms with Gasteiger partial charge in [-0.25, -0.2) is 14.4 Å². The van der Waals surface area contributed by atoms with E-state index in [4.69, 9.17) is 5.73 Å². The first kappa shape index (κ1) is 16.5. The second-order valence-electron chi connectivity index (χ2n) is 5.02. The summed E-state index contributed by atoms with van der Waals surface area (Å²) in [7, 11) is 0. The third-order valence-electron chi connectivity index (χ3n) is 3.28. The smallest absolute Gasteiger partial charge is 0.269 e. The molecule has 2 rings (SSSR count). The Hall–Kier alpha value is -2.90. The lowest BCUT2D eigenvalue weighted by Gasteiger charge is -2.16. The Labute approximate surface area is 133 Å². The van der Waals surface area contributed by atoms with Crippen molar-refractivity contribution < 1.29 is 9.18 Å². The minimum Gasteiger partial charge on any atom is -0.393 e. The highest BCUT2D eigenvalue weighted by Crippen LogP contribution is 2.22. The van der Waals surface area contributed by atoms with Crippen LogP contribution < -0.4 is 21.9 Å². The van der Waals surface area contributed by atoms with Gasteiger partial charge < -0.3 is 11.1 Å². The third-order valence-corrected chi connectivity index (χ3v) is 3.28. The van der Waals surface area contributed by atoms with Crippen molar-refractivity contribution in [3.63, 3.8) is 0 Å². The van der Waals surface area contributed by atoms with E-state index in [9.17, 15) is 9.18 Å². The van der Waals surface area contributed by atoms with Crippen molar-refractivity contribution in [2.24, 2.45) is 0 Å². The molecule has 1 atom stereocenters. The molecular formula is C15H19FN6O. The Morgan fingerprint density at radius 3 is 2.57 bits per heavy atom. The number of hydrogen-bond donors (Lipinski definition) is 4. The molecule has 0 aliphatic heterocycles. The van der Waals surface area contributed by atoms with Crippen LogP contribution in [0.4, 0.5) is 21.7 Å². The van der Waals surface area contributed by atoms with Crippen LogP contribution in [0.5, 0.6) is 0 Å². The van der Waals surface area contributed by atoms with Crippen molar-refractivity contribution in [2.75, 3.05) is 16.5 Å². The fourth-order valence-electron chi connectivity index (χ4n) is 1.74. The van der Waals surface area contributed by atoms with Crippen LogP contribution in [0.15, 0.2) is 30.6 Å². The van der Waals surface area contributed by atoms with Crippen LogP contribution in [-0.4, -0.2) is 21.9 Å². The van der Waals surface area contributed by atoms with Gasteiger partial charge in [0.2, 0.25) is 0 Å². The summed E-state index contributed by atoms with van der Waals surface area (Å²) in [5.74, 6) is -0.0658. The zero-order valence-corrected chi connectivity index (χ0v) is 12.9. The second kappa shape index (κ2) is 7.39. The Balaban J connectivity index is 2.04. The maximum Gasteiger partial charge on any atom is 0.269 e. The molecule has 8 heteroatoms. The first-order chi connectivity index (χ1) is 11.0. The van der Waals surface area contributed by atoms with Crippen molar-refractivity contribution in [1.29, 1.82) is 0 Å². The van der Waals surface area contributed by atoms with E-state index in [0.717, 1.165) is 6.42 Å². The summed E-state index contributed by atoms with van der Waals surface area (Å²) in [6.07, 6.45) is 2.25. The lowest BCUT2D eigenvalue weighted by molar-refractivity contribution is 0.0962. The number of nitrogens with one attached hydrogen (secondary N) is 3. The highest BCUT2D eigenvalue weighted by molar-refractivity contribution is 5.95. The first-order valence-electron chi connectivity index (χ1n) is 7.20. The van der Waals surface area contributed by atoms with Crippen molar-refractivity contribution in [3.05, 3.63) is 42.0 Å². The fraction of sp³-hybridized carbons (Fsp3) is 0.267. The molecule has 23 heavy (non-hydrogen) atoms. The number of rotatable bonds is 6. The van der Waals surface area contributed by atoms with E-state index in [1.165, 1.54) is 30.6 Å². The SMILES string of the molecule is CCC(C)Nc1ncnc(NNC(=O)c2ccc(F)cc2)c1N. The summed E-state index contributed by atoms with van der Waals surface area (Å²) < 4.78 is 12.8. The number of anilines is 3. The molecule has 7 nitrogen and oxygen atoms in total. The van der Waals surface area contributed by atoms with Crippen LogP contribution in [0.3, 0.4) is 0 Å². The Kier molecular flexibility index (Phi) is 5.29. The van der Waals surface area contributed by atoms with E-state index in [-0.39, 0.29) is 11.9 Å². The molecule has 0 saturated carbocycles. The summed E-state index contributed by atoms with van der Waals surface area (Å²) in [5, 5.41) is 3.16. The van der Waals surface area contributed by atoms with Gasteiger partial charge in [-0.3, -0.25) is 15.6 Å². The normalized spacial score (nSPS) is 11.6. The van der Waals surface area contributed by atoms with Gasteiger partial charge in [0.1, 0.15) is 17.8 Å². The highest BCUT2D eigenvalue weighted by atomic mass is 19.1. The molecule has 2 aromatic rings. The van der Waals surface area contributed by atoms with Gasteiger partial charge >= 0.3 is 0 Å². The van der Waals surface area contributed by atoms with Gasteiger partial charge in [0.25, 0.3) is 5.91 Å². The van der Waals surface area contributed by atoms with Gasteiger partial charge in [-0.05, 0) is 37.6 Å². The van der Waals surface area contributed by atoms with Gasteiger partial charge in [-0.1, -0.05) is 6.92 Å². The minimum atomic E-state index is -0.431. The molecule has 122 valence electrons. The van der Waals surface area contributed by atoms with E-state index in [2.05, 4.69) is 26.1 Å². The Morgan fingerprint density at radius 1 is 1.26 bits per heavy atom. The number of nitrogens with two attached hydrogens (primary N) is 1. The number of hydrazine groups is 1. The lowest BCUT2D eigenvalue weighted by atomic mass is 10.2. The molecule has 1 aromatic carbocycles. The number of carbonyl (C=O) groups excluding carboxylic acids is 1. The molecule has 5 N–H and O–H groups in total. The molecule has 1 amide bonds. The molecule has 0 fully saturated rings. The number of carbonyl (C=O) groups is 1. The van der Waals surface area contributed by atoms with Crippen LogP contribution in [0.25, 0.3) is 0 Å². The maximum atomic E-state index is 12.8. The van der Waals surface area contributed by atoms with E-state index < -0.39 is 11.7 Å². The molecular weight excluding hydrogens is 299 g/mol. The monoisotopic (exact) mass is 318 g/mol. The van der Waals surface area contributed by atoms with Gasteiger partial charge in [-0.15, -0.1) is 0 Å². The summed E-state index contributed by atoms with van der Waals surface area (Å²) in [6.45, 7) is 4.04. The number of halogens is 1.